The Kier molecular flexibility index (Phi) is 10.5. The number of hydrogen-bond donors (Lipinski definition) is 2. The van der Waals surface area contributed by atoms with Gasteiger partial charge in [-0.3, -0.25) is 14.5 Å². The van der Waals surface area contributed by atoms with Gasteiger partial charge in [0, 0.05) is 50.6 Å². The van der Waals surface area contributed by atoms with Gasteiger partial charge < -0.3 is 24.7 Å². The number of aromatic amines is 1. The number of Topliss-reactive ketones (excluding diaryl/α,β-unsaturated/α-hetero) is 1. The number of thiazole rings is 1. The molecule has 214 valence electrons. The van der Waals surface area contributed by atoms with Crippen LogP contribution in [0, 0.1) is 12.8 Å². The Hall–Kier alpha value is -1.96. The molecule has 10 nitrogen and oxygen atoms in total. The van der Waals surface area contributed by atoms with Gasteiger partial charge in [0.1, 0.15) is 21.9 Å². The number of esters is 1. The maximum Gasteiger partial charge on any atom is 0.352 e. The molecule has 0 aromatic carbocycles. The van der Waals surface area contributed by atoms with E-state index in [4.69, 9.17) is 44.3 Å². The lowest BCUT2D eigenvalue weighted by molar-refractivity contribution is 0.0383. The quantitative estimate of drug-likeness (QED) is 0.232. The number of carbonyl (C=O) groups excluding carboxylic acids is 3. The Labute approximate surface area is 244 Å². The molecule has 2 aromatic rings. The predicted molar refractivity (Wildman–Crippen MR) is 148 cm³/mol. The zero-order valence-electron chi connectivity index (χ0n) is 21.2. The van der Waals surface area contributed by atoms with E-state index >= 15 is 4.39 Å². The standard InChI is InChI=1S/C24H29Cl3FN5O5S/c1-13-17(26)18(30-21(13)27)16(34)10-14-2-4-33(11-15(14)28)24-31-19(20(39-24)23(36)38-12-25)22(35)29-3-5-32-6-8-37-9-7-32/h14-15,30H,2-12H2,1H3,(H,29,35)/t14-,15-/m0/s1. The van der Waals surface area contributed by atoms with Crippen LogP contribution < -0.4 is 10.2 Å². The number of ether oxygens (including phenoxy) is 2. The number of nitrogens with zero attached hydrogens (tertiary/aromatic N) is 3. The molecule has 4 rings (SSSR count). The lowest BCUT2D eigenvalue weighted by atomic mass is 9.89. The summed E-state index contributed by atoms with van der Waals surface area (Å²) in [5, 5.41) is 3.63. The molecule has 2 atom stereocenters. The summed E-state index contributed by atoms with van der Waals surface area (Å²) in [4.78, 5) is 49.2. The molecule has 39 heavy (non-hydrogen) atoms. The van der Waals surface area contributed by atoms with Crippen molar-refractivity contribution in [3.63, 3.8) is 0 Å². The van der Waals surface area contributed by atoms with Gasteiger partial charge in [-0.1, -0.05) is 46.1 Å². The van der Waals surface area contributed by atoms with Crippen molar-refractivity contribution in [2.75, 3.05) is 63.4 Å². The number of carbonyl (C=O) groups is 3. The van der Waals surface area contributed by atoms with E-state index in [0.29, 0.717) is 50.0 Å². The molecular weight excluding hydrogens is 596 g/mol. The Morgan fingerprint density at radius 2 is 2.00 bits per heavy atom. The number of anilines is 1. The van der Waals surface area contributed by atoms with E-state index in [1.165, 1.54) is 0 Å². The first-order chi connectivity index (χ1) is 18.7. The van der Waals surface area contributed by atoms with Gasteiger partial charge in [0.05, 0.1) is 24.8 Å². The van der Waals surface area contributed by atoms with E-state index in [9.17, 15) is 14.4 Å². The number of nitrogens with one attached hydrogen (secondary N) is 2. The van der Waals surface area contributed by atoms with Crippen molar-refractivity contribution in [2.45, 2.75) is 25.9 Å². The Morgan fingerprint density at radius 1 is 1.26 bits per heavy atom. The van der Waals surface area contributed by atoms with Crippen molar-refractivity contribution >= 4 is 68.9 Å². The summed E-state index contributed by atoms with van der Waals surface area (Å²) in [5.74, 6) is -2.15. The van der Waals surface area contributed by atoms with Crippen LogP contribution in [0.2, 0.25) is 10.2 Å². The largest absolute Gasteiger partial charge is 0.445 e. The Balaban J connectivity index is 1.40. The van der Waals surface area contributed by atoms with Crippen molar-refractivity contribution in [3.8, 4) is 0 Å². The second-order valence-corrected chi connectivity index (χ2v) is 11.3. The lowest BCUT2D eigenvalue weighted by Gasteiger charge is -2.34. The van der Waals surface area contributed by atoms with E-state index < -0.39 is 24.0 Å². The van der Waals surface area contributed by atoms with Crippen LogP contribution in [-0.2, 0) is 9.47 Å². The zero-order chi connectivity index (χ0) is 28.1. The molecule has 0 radical (unpaired) electrons. The van der Waals surface area contributed by atoms with E-state index in [0.717, 1.165) is 24.4 Å². The lowest BCUT2D eigenvalue weighted by Crippen LogP contribution is -2.42. The van der Waals surface area contributed by atoms with Crippen LogP contribution in [0.4, 0.5) is 9.52 Å². The number of piperidine rings is 1. The number of ketones is 1. The molecule has 15 heteroatoms. The Bertz CT molecular complexity index is 1210. The summed E-state index contributed by atoms with van der Waals surface area (Å²) in [7, 11) is 0. The first-order valence-electron chi connectivity index (χ1n) is 12.5. The molecule has 2 aromatic heterocycles. The molecule has 2 aliphatic rings. The predicted octanol–water partition coefficient (Wildman–Crippen LogP) is 3.94. The normalized spacial score (nSPS) is 20.2. The molecule has 1 amide bonds. The fourth-order valence-corrected chi connectivity index (χ4v) is 6.09. The van der Waals surface area contributed by atoms with Crippen molar-refractivity contribution in [2.24, 2.45) is 5.92 Å². The average molecular weight is 625 g/mol. The van der Waals surface area contributed by atoms with Crippen molar-refractivity contribution in [3.05, 3.63) is 32.0 Å². The molecule has 4 heterocycles. The number of H-pyrrole nitrogens is 1. The second kappa shape index (κ2) is 13.6. The van der Waals surface area contributed by atoms with Crippen LogP contribution in [0.3, 0.4) is 0 Å². The first kappa shape index (κ1) is 30.0. The van der Waals surface area contributed by atoms with Gasteiger partial charge in [-0.15, -0.1) is 0 Å². The van der Waals surface area contributed by atoms with E-state index in [1.807, 2.05) is 0 Å². The van der Waals surface area contributed by atoms with Crippen molar-refractivity contribution in [1.29, 1.82) is 0 Å². The fourth-order valence-electron chi connectivity index (χ4n) is 4.52. The minimum absolute atomic E-state index is 0.00383. The van der Waals surface area contributed by atoms with Crippen LogP contribution in [0.5, 0.6) is 0 Å². The summed E-state index contributed by atoms with van der Waals surface area (Å²) in [5.41, 5.74) is 0.662. The first-order valence-corrected chi connectivity index (χ1v) is 14.6. The fraction of sp³-hybridized carbons (Fsp3) is 0.583. The van der Waals surface area contributed by atoms with Crippen molar-refractivity contribution < 1.29 is 28.2 Å². The third-order valence-electron chi connectivity index (χ3n) is 6.81. The summed E-state index contributed by atoms with van der Waals surface area (Å²) >= 11 is 18.7. The van der Waals surface area contributed by atoms with Crippen molar-refractivity contribution in [1.82, 2.24) is 20.2 Å². The maximum absolute atomic E-state index is 15.2. The SMILES string of the molecule is Cc1c(Cl)[nH]c(C(=O)C[C@@H]2CCN(c3nc(C(=O)NCCN4CCOCC4)c(C(=O)OCCl)s3)C[C@@H]2F)c1Cl. The average Bonchev–Trinajstić information content (AvgIpc) is 3.48. The number of rotatable bonds is 10. The van der Waals surface area contributed by atoms with Crippen LogP contribution in [0.1, 0.15) is 49.1 Å². The summed E-state index contributed by atoms with van der Waals surface area (Å²) in [6.07, 6.45) is -1.02. The monoisotopic (exact) mass is 623 g/mol. The molecule has 0 unspecified atom stereocenters. The van der Waals surface area contributed by atoms with Crippen LogP contribution in [0.15, 0.2) is 0 Å². The smallest absolute Gasteiger partial charge is 0.352 e. The third kappa shape index (κ3) is 7.22. The topological polar surface area (TPSA) is 117 Å². The zero-order valence-corrected chi connectivity index (χ0v) is 24.3. The highest BCUT2D eigenvalue weighted by molar-refractivity contribution is 7.17. The molecule has 0 aliphatic carbocycles. The van der Waals surface area contributed by atoms with Gasteiger partial charge in [0.15, 0.2) is 22.7 Å². The second-order valence-electron chi connectivity index (χ2n) is 9.32. The molecule has 2 saturated heterocycles. The highest BCUT2D eigenvalue weighted by Crippen LogP contribution is 2.34. The molecule has 0 saturated carbocycles. The number of aromatic nitrogens is 2. The van der Waals surface area contributed by atoms with Crippen LogP contribution in [0.25, 0.3) is 0 Å². The highest BCUT2D eigenvalue weighted by Gasteiger charge is 2.35. The van der Waals surface area contributed by atoms with E-state index in [2.05, 4.69) is 20.2 Å². The summed E-state index contributed by atoms with van der Waals surface area (Å²) in [6, 6.07) is -0.383. The summed E-state index contributed by atoms with van der Waals surface area (Å²) in [6.45, 7) is 5.86. The van der Waals surface area contributed by atoms with E-state index in [-0.39, 0.29) is 51.3 Å². The minimum atomic E-state index is -1.35. The van der Waals surface area contributed by atoms with Gasteiger partial charge in [-0.05, 0) is 13.3 Å². The number of halogens is 4. The van der Waals surface area contributed by atoms with E-state index in [1.54, 1.807) is 11.8 Å². The van der Waals surface area contributed by atoms with Gasteiger partial charge in [-0.2, -0.15) is 0 Å². The van der Waals surface area contributed by atoms with Gasteiger partial charge in [0.2, 0.25) is 0 Å². The Morgan fingerprint density at radius 3 is 2.64 bits per heavy atom. The number of hydrogen-bond acceptors (Lipinski definition) is 9. The van der Waals surface area contributed by atoms with Gasteiger partial charge >= 0.3 is 5.97 Å². The van der Waals surface area contributed by atoms with Crippen LogP contribution in [-0.4, -0.2) is 97.2 Å². The molecule has 0 bridgehead atoms. The number of amides is 1. The minimum Gasteiger partial charge on any atom is -0.445 e. The van der Waals surface area contributed by atoms with Crippen LogP contribution >= 0.6 is 46.1 Å². The maximum atomic E-state index is 15.2. The number of morpholine rings is 1. The highest BCUT2D eigenvalue weighted by atomic mass is 35.5. The summed E-state index contributed by atoms with van der Waals surface area (Å²) < 4.78 is 25.5. The van der Waals surface area contributed by atoms with Gasteiger partial charge in [0.25, 0.3) is 5.91 Å². The molecule has 2 fully saturated rings. The molecule has 0 spiro atoms. The van der Waals surface area contributed by atoms with Gasteiger partial charge in [-0.25, -0.2) is 14.2 Å². The third-order valence-corrected chi connectivity index (χ3v) is 8.86. The number of alkyl halides is 2. The molecule has 2 aliphatic heterocycles. The molecular formula is C24H29Cl3FN5O5S. The molecule has 2 N–H and O–H groups in total.